The van der Waals surface area contributed by atoms with E-state index in [0.717, 1.165) is 50.3 Å². The Bertz CT molecular complexity index is 479. The number of nitrogens with one attached hydrogen (secondary N) is 2. The van der Waals surface area contributed by atoms with Gasteiger partial charge in [0.05, 0.1) is 5.56 Å². The fourth-order valence-electron chi connectivity index (χ4n) is 2.75. The van der Waals surface area contributed by atoms with Crippen molar-refractivity contribution >= 4 is 11.6 Å². The maximum atomic E-state index is 12.4. The third-order valence-corrected chi connectivity index (χ3v) is 4.41. The minimum atomic E-state index is 0.0201. The Kier molecular flexibility index (Phi) is 5.23. The number of para-hydroxylation sites is 1. The normalized spacial score (nSPS) is 18.2. The van der Waals surface area contributed by atoms with Crippen LogP contribution in [0.3, 0.4) is 0 Å². The van der Waals surface area contributed by atoms with Crippen molar-refractivity contribution in [2.24, 2.45) is 5.41 Å². The summed E-state index contributed by atoms with van der Waals surface area (Å²) >= 11 is 0. The number of nitrogens with zero attached hydrogens (tertiary/aromatic N) is 1. The standard InChI is InChI=1S/C17H27N3O/c1-4-18-15-8-6-5-7-14(15)16(21)19-13-17(2)9-11-20(3)12-10-17/h5-8,18H,4,9-13H2,1-3H3,(H,19,21). The van der Waals surface area contributed by atoms with E-state index < -0.39 is 0 Å². The second-order valence-corrected chi connectivity index (χ2v) is 6.37. The summed E-state index contributed by atoms with van der Waals surface area (Å²) in [5, 5.41) is 6.37. The summed E-state index contributed by atoms with van der Waals surface area (Å²) in [6.07, 6.45) is 2.28. The zero-order valence-corrected chi connectivity index (χ0v) is 13.4. The van der Waals surface area contributed by atoms with Crippen LogP contribution < -0.4 is 10.6 Å². The van der Waals surface area contributed by atoms with E-state index in [1.807, 2.05) is 31.2 Å². The van der Waals surface area contributed by atoms with Crippen molar-refractivity contribution in [1.82, 2.24) is 10.2 Å². The number of hydrogen-bond acceptors (Lipinski definition) is 3. The van der Waals surface area contributed by atoms with Crippen LogP contribution in [-0.4, -0.2) is 44.0 Å². The molecule has 1 aliphatic heterocycles. The molecule has 116 valence electrons. The summed E-state index contributed by atoms with van der Waals surface area (Å²) in [7, 11) is 2.16. The molecule has 0 spiro atoms. The molecule has 1 aliphatic rings. The number of likely N-dealkylation sites (tertiary alicyclic amines) is 1. The summed E-state index contributed by atoms with van der Waals surface area (Å²) in [5.41, 5.74) is 1.86. The average molecular weight is 289 g/mol. The third kappa shape index (κ3) is 4.21. The molecule has 1 saturated heterocycles. The molecular formula is C17H27N3O. The Morgan fingerprint density at radius 3 is 2.62 bits per heavy atom. The van der Waals surface area contributed by atoms with Crippen LogP contribution in [-0.2, 0) is 0 Å². The molecule has 1 aromatic carbocycles. The number of rotatable bonds is 5. The topological polar surface area (TPSA) is 44.4 Å². The van der Waals surface area contributed by atoms with E-state index in [9.17, 15) is 4.79 Å². The second-order valence-electron chi connectivity index (χ2n) is 6.37. The maximum absolute atomic E-state index is 12.4. The third-order valence-electron chi connectivity index (χ3n) is 4.41. The van der Waals surface area contributed by atoms with Crippen LogP contribution >= 0.6 is 0 Å². The minimum absolute atomic E-state index is 0.0201. The highest BCUT2D eigenvalue weighted by Crippen LogP contribution is 2.29. The van der Waals surface area contributed by atoms with Crippen molar-refractivity contribution in [2.45, 2.75) is 26.7 Å². The number of carbonyl (C=O) groups is 1. The second kappa shape index (κ2) is 6.94. The van der Waals surface area contributed by atoms with Crippen LogP contribution in [0.2, 0.25) is 0 Å². The highest BCUT2D eigenvalue weighted by atomic mass is 16.1. The molecule has 0 bridgehead atoms. The van der Waals surface area contributed by atoms with E-state index in [1.165, 1.54) is 0 Å². The van der Waals surface area contributed by atoms with Gasteiger partial charge in [-0.2, -0.15) is 0 Å². The number of carbonyl (C=O) groups excluding carboxylic acids is 1. The lowest BCUT2D eigenvalue weighted by Gasteiger charge is -2.38. The molecule has 1 heterocycles. The Labute approximate surface area is 127 Å². The zero-order valence-electron chi connectivity index (χ0n) is 13.4. The van der Waals surface area contributed by atoms with E-state index in [2.05, 4.69) is 29.5 Å². The molecule has 2 rings (SSSR count). The van der Waals surface area contributed by atoms with Gasteiger partial charge in [0.1, 0.15) is 0 Å². The van der Waals surface area contributed by atoms with Crippen LogP contribution in [0.1, 0.15) is 37.0 Å². The highest BCUT2D eigenvalue weighted by molar-refractivity contribution is 5.99. The van der Waals surface area contributed by atoms with Crippen molar-refractivity contribution in [3.05, 3.63) is 29.8 Å². The maximum Gasteiger partial charge on any atom is 0.253 e. The first-order chi connectivity index (χ1) is 10.0. The Balaban J connectivity index is 1.96. The van der Waals surface area contributed by atoms with Crippen molar-refractivity contribution in [1.29, 1.82) is 0 Å². The van der Waals surface area contributed by atoms with Gasteiger partial charge in [0.2, 0.25) is 0 Å². The molecule has 0 radical (unpaired) electrons. The van der Waals surface area contributed by atoms with Gasteiger partial charge in [-0.3, -0.25) is 4.79 Å². The van der Waals surface area contributed by atoms with Crippen LogP contribution in [0.4, 0.5) is 5.69 Å². The average Bonchev–Trinajstić information content (AvgIpc) is 2.49. The van der Waals surface area contributed by atoms with E-state index in [0.29, 0.717) is 0 Å². The van der Waals surface area contributed by atoms with Crippen LogP contribution in [0.5, 0.6) is 0 Å². The first-order valence-electron chi connectivity index (χ1n) is 7.84. The molecule has 1 fully saturated rings. The molecule has 0 saturated carbocycles. The summed E-state index contributed by atoms with van der Waals surface area (Å²) < 4.78 is 0. The molecule has 0 atom stereocenters. The van der Waals surface area contributed by atoms with Crippen molar-refractivity contribution in [3.8, 4) is 0 Å². The van der Waals surface area contributed by atoms with Gasteiger partial charge in [0.25, 0.3) is 5.91 Å². The number of hydrogen-bond donors (Lipinski definition) is 2. The molecule has 0 aliphatic carbocycles. The molecule has 1 aromatic rings. The lowest BCUT2D eigenvalue weighted by atomic mass is 9.80. The van der Waals surface area contributed by atoms with Crippen molar-refractivity contribution in [3.63, 3.8) is 0 Å². The molecule has 2 N–H and O–H groups in total. The van der Waals surface area contributed by atoms with Gasteiger partial charge >= 0.3 is 0 Å². The van der Waals surface area contributed by atoms with Gasteiger partial charge in [-0.05, 0) is 57.5 Å². The van der Waals surface area contributed by atoms with Crippen molar-refractivity contribution in [2.75, 3.05) is 38.5 Å². The number of piperidine rings is 1. The van der Waals surface area contributed by atoms with E-state index in [1.54, 1.807) is 0 Å². The van der Waals surface area contributed by atoms with Crippen LogP contribution in [0, 0.1) is 5.41 Å². The predicted molar refractivity (Wildman–Crippen MR) is 87.8 cm³/mol. The smallest absolute Gasteiger partial charge is 0.253 e. The zero-order chi connectivity index (χ0) is 15.3. The largest absolute Gasteiger partial charge is 0.385 e. The Morgan fingerprint density at radius 1 is 1.29 bits per heavy atom. The van der Waals surface area contributed by atoms with Crippen LogP contribution in [0.15, 0.2) is 24.3 Å². The van der Waals surface area contributed by atoms with Gasteiger partial charge in [-0.25, -0.2) is 0 Å². The predicted octanol–water partition coefficient (Wildman–Crippen LogP) is 2.58. The summed E-state index contributed by atoms with van der Waals surface area (Å²) in [5.74, 6) is 0.0201. The summed E-state index contributed by atoms with van der Waals surface area (Å²) in [4.78, 5) is 14.8. The van der Waals surface area contributed by atoms with E-state index in [-0.39, 0.29) is 11.3 Å². The molecule has 4 heteroatoms. The number of anilines is 1. The fourth-order valence-corrected chi connectivity index (χ4v) is 2.75. The monoisotopic (exact) mass is 289 g/mol. The fraction of sp³-hybridized carbons (Fsp3) is 0.588. The SMILES string of the molecule is CCNc1ccccc1C(=O)NCC1(C)CCN(C)CC1. The van der Waals surface area contributed by atoms with Gasteiger partial charge in [0.15, 0.2) is 0 Å². The summed E-state index contributed by atoms with van der Waals surface area (Å²) in [6, 6.07) is 7.69. The molecular weight excluding hydrogens is 262 g/mol. The van der Waals surface area contributed by atoms with Crippen molar-refractivity contribution < 1.29 is 4.79 Å². The number of amides is 1. The molecule has 4 nitrogen and oxygen atoms in total. The quantitative estimate of drug-likeness (QED) is 0.875. The molecule has 0 unspecified atom stereocenters. The first-order valence-corrected chi connectivity index (χ1v) is 7.84. The number of benzene rings is 1. The van der Waals surface area contributed by atoms with Gasteiger partial charge < -0.3 is 15.5 Å². The lowest BCUT2D eigenvalue weighted by molar-refractivity contribution is 0.0892. The van der Waals surface area contributed by atoms with Crippen LogP contribution in [0.25, 0.3) is 0 Å². The van der Waals surface area contributed by atoms with Gasteiger partial charge in [-0.15, -0.1) is 0 Å². The first kappa shape index (κ1) is 15.8. The lowest BCUT2D eigenvalue weighted by Crippen LogP contribution is -2.43. The Hall–Kier alpha value is -1.55. The van der Waals surface area contributed by atoms with Gasteiger partial charge in [0, 0.05) is 18.8 Å². The van der Waals surface area contributed by atoms with E-state index in [4.69, 9.17) is 0 Å². The highest BCUT2D eigenvalue weighted by Gasteiger charge is 2.29. The molecule has 1 amide bonds. The van der Waals surface area contributed by atoms with Gasteiger partial charge in [-0.1, -0.05) is 19.1 Å². The molecule has 21 heavy (non-hydrogen) atoms. The molecule has 0 aromatic heterocycles. The minimum Gasteiger partial charge on any atom is -0.385 e. The summed E-state index contributed by atoms with van der Waals surface area (Å²) in [6.45, 7) is 8.10. The Morgan fingerprint density at radius 2 is 1.95 bits per heavy atom. The van der Waals surface area contributed by atoms with E-state index >= 15 is 0 Å².